The number of ether oxygens (including phenoxy) is 1. The van der Waals surface area contributed by atoms with Crippen molar-refractivity contribution in [1.29, 1.82) is 0 Å². The lowest BCUT2D eigenvalue weighted by Gasteiger charge is -2.34. The second-order valence-corrected chi connectivity index (χ2v) is 8.42. The second kappa shape index (κ2) is 7.75. The van der Waals surface area contributed by atoms with Gasteiger partial charge in [-0.25, -0.2) is 0 Å². The van der Waals surface area contributed by atoms with Crippen molar-refractivity contribution in [3.8, 4) is 11.5 Å². The maximum Gasteiger partial charge on any atom is 0.308 e. The number of phenols is 1. The average molecular weight is 369 g/mol. The van der Waals surface area contributed by atoms with Crippen LogP contribution in [0.2, 0.25) is 0 Å². The molecule has 1 N–H and O–H groups in total. The highest BCUT2D eigenvalue weighted by molar-refractivity contribution is 5.70. The van der Waals surface area contributed by atoms with Gasteiger partial charge in [0.1, 0.15) is 11.5 Å². The summed E-state index contributed by atoms with van der Waals surface area (Å²) in [7, 11) is 0. The van der Waals surface area contributed by atoms with Crippen molar-refractivity contribution >= 4 is 5.97 Å². The minimum absolute atomic E-state index is 0.207. The van der Waals surface area contributed by atoms with Crippen molar-refractivity contribution in [2.45, 2.75) is 67.2 Å². The zero-order valence-electron chi connectivity index (χ0n) is 17.9. The predicted molar refractivity (Wildman–Crippen MR) is 111 cm³/mol. The summed E-state index contributed by atoms with van der Waals surface area (Å²) in [6.45, 7) is 16.0. The number of carbonyl (C=O) groups excluding carboxylic acids is 1. The Morgan fingerprint density at radius 3 is 1.74 bits per heavy atom. The van der Waals surface area contributed by atoms with Crippen LogP contribution >= 0.6 is 0 Å². The molecule has 0 aliphatic carbocycles. The largest absolute Gasteiger partial charge is 0.507 e. The number of benzene rings is 2. The molecule has 0 fully saturated rings. The van der Waals surface area contributed by atoms with Gasteiger partial charge in [-0.1, -0.05) is 45.0 Å². The van der Waals surface area contributed by atoms with Crippen LogP contribution in [0.1, 0.15) is 67.5 Å². The van der Waals surface area contributed by atoms with Crippen LogP contribution in [0.4, 0.5) is 0 Å². The van der Waals surface area contributed by atoms with Crippen LogP contribution in [0.3, 0.4) is 0 Å². The van der Waals surface area contributed by atoms with Gasteiger partial charge in [0.15, 0.2) is 0 Å². The summed E-state index contributed by atoms with van der Waals surface area (Å²) >= 11 is 0. The topological polar surface area (TPSA) is 46.5 Å². The highest BCUT2D eigenvalue weighted by Gasteiger charge is 2.32. The molecule has 0 heterocycles. The van der Waals surface area contributed by atoms with E-state index in [1.807, 2.05) is 27.7 Å². The summed E-state index contributed by atoms with van der Waals surface area (Å²) in [5.74, 6) is 1.21. The molecule has 0 amide bonds. The fourth-order valence-electron chi connectivity index (χ4n) is 4.07. The van der Waals surface area contributed by atoms with Gasteiger partial charge >= 0.3 is 5.97 Å². The van der Waals surface area contributed by atoms with Crippen molar-refractivity contribution in [3.63, 3.8) is 0 Å². The third-order valence-corrected chi connectivity index (χ3v) is 5.29. The van der Waals surface area contributed by atoms with E-state index in [1.165, 1.54) is 18.1 Å². The molecular weight excluding hydrogens is 336 g/mol. The summed E-state index contributed by atoms with van der Waals surface area (Å²) in [4.78, 5) is 11.4. The Labute approximate surface area is 163 Å². The maximum atomic E-state index is 11.4. The Balaban J connectivity index is 2.68. The number of aromatic hydroxyl groups is 1. The maximum absolute atomic E-state index is 11.4. The van der Waals surface area contributed by atoms with Gasteiger partial charge in [-0.2, -0.15) is 0 Å². The van der Waals surface area contributed by atoms with E-state index in [1.54, 1.807) is 0 Å². The molecule has 0 saturated heterocycles. The molecule has 0 bridgehead atoms. The van der Waals surface area contributed by atoms with Crippen molar-refractivity contribution < 1.29 is 14.6 Å². The Morgan fingerprint density at radius 1 is 0.963 bits per heavy atom. The van der Waals surface area contributed by atoms with Crippen LogP contribution in [0.5, 0.6) is 11.5 Å². The lowest BCUT2D eigenvalue weighted by atomic mass is 9.70. The SMILES string of the molecule is CC(=O)Oc1c(C)cc(C(C)(CC(C)C)c2cc(C)c(O)c(C)c2)cc1C. The van der Waals surface area contributed by atoms with Crippen LogP contribution in [-0.4, -0.2) is 11.1 Å². The van der Waals surface area contributed by atoms with Gasteiger partial charge in [0.2, 0.25) is 0 Å². The summed E-state index contributed by atoms with van der Waals surface area (Å²) in [6.07, 6.45) is 0.975. The van der Waals surface area contributed by atoms with E-state index in [4.69, 9.17) is 4.74 Å². The molecule has 2 rings (SSSR count). The van der Waals surface area contributed by atoms with Gasteiger partial charge in [-0.3, -0.25) is 4.79 Å². The molecule has 0 aliphatic rings. The van der Waals surface area contributed by atoms with Gasteiger partial charge in [0.05, 0.1) is 0 Å². The molecule has 0 spiro atoms. The van der Waals surface area contributed by atoms with Crippen LogP contribution in [0.15, 0.2) is 24.3 Å². The van der Waals surface area contributed by atoms with Crippen LogP contribution in [0.25, 0.3) is 0 Å². The van der Waals surface area contributed by atoms with Crippen molar-refractivity contribution in [1.82, 2.24) is 0 Å². The minimum Gasteiger partial charge on any atom is -0.507 e. The fraction of sp³-hybridized carbons (Fsp3) is 0.458. The van der Waals surface area contributed by atoms with E-state index >= 15 is 0 Å². The van der Waals surface area contributed by atoms with Gasteiger partial charge in [-0.15, -0.1) is 0 Å². The number of esters is 1. The summed E-state index contributed by atoms with van der Waals surface area (Å²) in [6, 6.07) is 8.45. The molecule has 0 aliphatic heterocycles. The molecule has 0 aromatic heterocycles. The number of hydrogen-bond donors (Lipinski definition) is 1. The quantitative estimate of drug-likeness (QED) is 0.528. The third kappa shape index (κ3) is 4.35. The van der Waals surface area contributed by atoms with E-state index < -0.39 is 0 Å². The molecule has 27 heavy (non-hydrogen) atoms. The standard InChI is InChI=1S/C24H32O3/c1-14(2)13-24(8,20-9-15(3)22(26)16(4)10-20)21-11-17(5)23(18(6)12-21)27-19(7)25/h9-12,14,26H,13H2,1-8H3. The van der Waals surface area contributed by atoms with Crippen molar-refractivity contribution in [3.05, 3.63) is 57.6 Å². The number of carbonyl (C=O) groups is 1. The molecule has 0 radical (unpaired) electrons. The average Bonchev–Trinajstić information content (AvgIpc) is 2.54. The smallest absolute Gasteiger partial charge is 0.308 e. The number of hydrogen-bond acceptors (Lipinski definition) is 3. The Morgan fingerprint density at radius 2 is 1.37 bits per heavy atom. The van der Waals surface area contributed by atoms with Gasteiger partial charge < -0.3 is 9.84 Å². The van der Waals surface area contributed by atoms with E-state index in [0.717, 1.165) is 28.7 Å². The zero-order chi connectivity index (χ0) is 20.5. The summed E-state index contributed by atoms with van der Waals surface area (Å²) < 4.78 is 5.41. The Hall–Kier alpha value is -2.29. The number of aryl methyl sites for hydroxylation is 4. The molecular formula is C24H32O3. The van der Waals surface area contributed by atoms with Gasteiger partial charge in [-0.05, 0) is 73.4 Å². The molecule has 2 aromatic carbocycles. The molecule has 1 atom stereocenters. The molecule has 146 valence electrons. The van der Waals surface area contributed by atoms with E-state index in [-0.39, 0.29) is 11.4 Å². The molecule has 2 aromatic rings. The summed E-state index contributed by atoms with van der Waals surface area (Å²) in [5.41, 5.74) is 5.90. The lowest BCUT2D eigenvalue weighted by molar-refractivity contribution is -0.131. The number of rotatable bonds is 5. The first kappa shape index (κ1) is 21.0. The van der Waals surface area contributed by atoms with Crippen LogP contribution in [0, 0.1) is 33.6 Å². The van der Waals surface area contributed by atoms with Gasteiger partial charge in [0, 0.05) is 12.3 Å². The molecule has 3 heteroatoms. The predicted octanol–water partition coefficient (Wildman–Crippen LogP) is 5.90. The first-order valence-electron chi connectivity index (χ1n) is 9.56. The Kier molecular flexibility index (Phi) is 6.04. The lowest BCUT2D eigenvalue weighted by Crippen LogP contribution is -2.26. The molecule has 0 saturated carbocycles. The van der Waals surface area contributed by atoms with Crippen molar-refractivity contribution in [2.24, 2.45) is 5.92 Å². The van der Waals surface area contributed by atoms with Gasteiger partial charge in [0.25, 0.3) is 0 Å². The van der Waals surface area contributed by atoms with E-state index in [0.29, 0.717) is 17.4 Å². The van der Waals surface area contributed by atoms with Crippen molar-refractivity contribution in [2.75, 3.05) is 0 Å². The van der Waals surface area contributed by atoms with E-state index in [2.05, 4.69) is 45.0 Å². The molecule has 1 unspecified atom stereocenters. The highest BCUT2D eigenvalue weighted by Crippen LogP contribution is 2.42. The van der Waals surface area contributed by atoms with Crippen LogP contribution < -0.4 is 4.74 Å². The minimum atomic E-state index is -0.302. The second-order valence-electron chi connectivity index (χ2n) is 8.42. The van der Waals surface area contributed by atoms with Crippen LogP contribution in [-0.2, 0) is 10.2 Å². The summed E-state index contributed by atoms with van der Waals surface area (Å²) in [5, 5.41) is 10.2. The molecule has 3 nitrogen and oxygen atoms in total. The number of phenolic OH excluding ortho intramolecular Hbond substituents is 1. The fourth-order valence-corrected chi connectivity index (χ4v) is 4.07. The first-order chi connectivity index (χ1) is 12.5. The zero-order valence-corrected chi connectivity index (χ0v) is 17.9. The monoisotopic (exact) mass is 368 g/mol. The van der Waals surface area contributed by atoms with E-state index in [9.17, 15) is 9.90 Å². The highest BCUT2D eigenvalue weighted by atomic mass is 16.5. The first-order valence-corrected chi connectivity index (χ1v) is 9.56. The normalized spacial score (nSPS) is 13.5. The third-order valence-electron chi connectivity index (χ3n) is 5.29. The Bertz CT molecular complexity index is 818.